The van der Waals surface area contributed by atoms with E-state index in [9.17, 15) is 4.79 Å². The molecule has 1 aliphatic heterocycles. The summed E-state index contributed by atoms with van der Waals surface area (Å²) in [5, 5.41) is 0.757. The number of carbonyl (C=O) groups excluding carboxylic acids is 1. The Kier molecular flexibility index (Phi) is 5.44. The zero-order chi connectivity index (χ0) is 16.2. The number of piperazine rings is 1. The zero-order valence-corrected chi connectivity index (χ0v) is 14.3. The Morgan fingerprint density at radius 3 is 2.61 bits per heavy atom. The molecule has 1 saturated heterocycles. The van der Waals surface area contributed by atoms with E-state index in [4.69, 9.17) is 17.3 Å². The molecule has 5 heteroatoms. The second kappa shape index (κ2) is 7.54. The van der Waals surface area contributed by atoms with Crippen LogP contribution in [0, 0.1) is 5.92 Å². The highest BCUT2D eigenvalue weighted by Gasteiger charge is 2.28. The van der Waals surface area contributed by atoms with Gasteiger partial charge >= 0.3 is 0 Å². The van der Waals surface area contributed by atoms with Crippen LogP contribution in [0.1, 0.15) is 32.1 Å². The quantitative estimate of drug-likeness (QED) is 0.924. The molecule has 1 heterocycles. The van der Waals surface area contributed by atoms with Gasteiger partial charge in [-0.1, -0.05) is 30.5 Å². The Labute approximate surface area is 143 Å². The summed E-state index contributed by atoms with van der Waals surface area (Å²) in [5.41, 5.74) is 7.32. The lowest BCUT2D eigenvalue weighted by atomic mass is 9.82. The SMILES string of the molecule is NC1CCCCC1CC(=O)N1CCN(c2cccc(Cl)c2)CC1. The summed E-state index contributed by atoms with van der Waals surface area (Å²) >= 11 is 6.06. The Hall–Kier alpha value is -1.26. The summed E-state index contributed by atoms with van der Waals surface area (Å²) in [4.78, 5) is 16.8. The highest BCUT2D eigenvalue weighted by Crippen LogP contribution is 2.27. The Morgan fingerprint density at radius 2 is 1.91 bits per heavy atom. The molecule has 0 aromatic heterocycles. The van der Waals surface area contributed by atoms with E-state index < -0.39 is 0 Å². The van der Waals surface area contributed by atoms with Crippen LogP contribution in [0.15, 0.2) is 24.3 Å². The summed E-state index contributed by atoms with van der Waals surface area (Å²) in [6, 6.07) is 8.13. The number of hydrogen-bond donors (Lipinski definition) is 1. The van der Waals surface area contributed by atoms with Gasteiger partial charge < -0.3 is 15.5 Å². The predicted molar refractivity (Wildman–Crippen MR) is 94.8 cm³/mol. The normalized spacial score (nSPS) is 25.5. The van der Waals surface area contributed by atoms with Crippen LogP contribution < -0.4 is 10.6 Å². The second-order valence-electron chi connectivity index (χ2n) is 6.76. The fraction of sp³-hybridized carbons (Fsp3) is 0.611. The third-order valence-electron chi connectivity index (χ3n) is 5.21. The first kappa shape index (κ1) is 16.6. The fourth-order valence-electron chi connectivity index (χ4n) is 3.73. The van der Waals surface area contributed by atoms with Gasteiger partial charge in [-0.25, -0.2) is 0 Å². The van der Waals surface area contributed by atoms with E-state index in [1.54, 1.807) is 0 Å². The van der Waals surface area contributed by atoms with Gasteiger partial charge in [-0.15, -0.1) is 0 Å². The molecular weight excluding hydrogens is 310 g/mol. The van der Waals surface area contributed by atoms with Gasteiger partial charge in [0.15, 0.2) is 0 Å². The summed E-state index contributed by atoms with van der Waals surface area (Å²) in [6.07, 6.45) is 5.23. The van der Waals surface area contributed by atoms with Crippen LogP contribution >= 0.6 is 11.6 Å². The van der Waals surface area contributed by atoms with Crippen LogP contribution in [0.5, 0.6) is 0 Å². The summed E-state index contributed by atoms with van der Waals surface area (Å²) < 4.78 is 0. The van der Waals surface area contributed by atoms with E-state index in [1.165, 1.54) is 12.8 Å². The van der Waals surface area contributed by atoms with E-state index in [-0.39, 0.29) is 11.9 Å². The molecule has 1 aromatic rings. The Morgan fingerprint density at radius 1 is 1.17 bits per heavy atom. The third-order valence-corrected chi connectivity index (χ3v) is 5.45. The predicted octanol–water partition coefficient (Wildman–Crippen LogP) is 2.90. The van der Waals surface area contributed by atoms with Crippen LogP contribution in [0.4, 0.5) is 5.69 Å². The van der Waals surface area contributed by atoms with Crippen molar-refractivity contribution in [2.45, 2.75) is 38.1 Å². The number of rotatable bonds is 3. The van der Waals surface area contributed by atoms with Crippen molar-refractivity contribution in [2.24, 2.45) is 11.7 Å². The standard InChI is InChI=1S/C18H26ClN3O/c19-15-5-3-6-16(13-15)21-8-10-22(11-9-21)18(23)12-14-4-1-2-7-17(14)20/h3,5-6,13-14,17H,1-2,4,7-12,20H2. The molecule has 2 fully saturated rings. The number of amides is 1. The van der Waals surface area contributed by atoms with Crippen molar-refractivity contribution >= 4 is 23.2 Å². The molecule has 1 saturated carbocycles. The van der Waals surface area contributed by atoms with Crippen molar-refractivity contribution in [3.63, 3.8) is 0 Å². The third kappa shape index (κ3) is 4.18. The molecule has 1 aromatic carbocycles. The van der Waals surface area contributed by atoms with Gasteiger partial charge in [0.25, 0.3) is 0 Å². The van der Waals surface area contributed by atoms with Gasteiger partial charge in [0.2, 0.25) is 5.91 Å². The van der Waals surface area contributed by atoms with E-state index >= 15 is 0 Å². The highest BCUT2D eigenvalue weighted by atomic mass is 35.5. The minimum atomic E-state index is 0.209. The lowest BCUT2D eigenvalue weighted by molar-refractivity contribution is -0.132. The number of hydrogen-bond acceptors (Lipinski definition) is 3. The van der Waals surface area contributed by atoms with Gasteiger partial charge in [0.1, 0.15) is 0 Å². The van der Waals surface area contributed by atoms with Gasteiger partial charge in [-0.3, -0.25) is 4.79 Å². The topological polar surface area (TPSA) is 49.6 Å². The Bertz CT molecular complexity index is 543. The van der Waals surface area contributed by atoms with Gasteiger partial charge in [0.05, 0.1) is 0 Å². The molecular formula is C18H26ClN3O. The van der Waals surface area contributed by atoms with Crippen molar-refractivity contribution in [3.05, 3.63) is 29.3 Å². The van der Waals surface area contributed by atoms with Gasteiger partial charge in [-0.05, 0) is 37.0 Å². The largest absolute Gasteiger partial charge is 0.368 e. The van der Waals surface area contributed by atoms with Gasteiger partial charge in [0, 0.05) is 49.4 Å². The van der Waals surface area contributed by atoms with Crippen molar-refractivity contribution in [3.8, 4) is 0 Å². The maximum absolute atomic E-state index is 12.5. The number of nitrogens with two attached hydrogens (primary N) is 1. The minimum absolute atomic E-state index is 0.209. The molecule has 0 radical (unpaired) electrons. The monoisotopic (exact) mass is 335 g/mol. The lowest BCUT2D eigenvalue weighted by Crippen LogP contribution is -2.49. The molecule has 2 unspecified atom stereocenters. The molecule has 23 heavy (non-hydrogen) atoms. The number of benzene rings is 1. The molecule has 2 atom stereocenters. The van der Waals surface area contributed by atoms with E-state index in [1.807, 2.05) is 23.1 Å². The van der Waals surface area contributed by atoms with Crippen LogP contribution in [-0.2, 0) is 4.79 Å². The second-order valence-corrected chi connectivity index (χ2v) is 7.20. The van der Waals surface area contributed by atoms with E-state index in [0.29, 0.717) is 12.3 Å². The van der Waals surface area contributed by atoms with Crippen molar-refractivity contribution in [1.82, 2.24) is 4.90 Å². The van der Waals surface area contributed by atoms with Crippen LogP contribution in [0.2, 0.25) is 5.02 Å². The molecule has 4 nitrogen and oxygen atoms in total. The minimum Gasteiger partial charge on any atom is -0.368 e. The number of halogens is 1. The highest BCUT2D eigenvalue weighted by molar-refractivity contribution is 6.30. The van der Waals surface area contributed by atoms with E-state index in [0.717, 1.165) is 49.7 Å². The average Bonchev–Trinajstić information content (AvgIpc) is 2.57. The number of nitrogens with zero attached hydrogens (tertiary/aromatic N) is 2. The zero-order valence-electron chi connectivity index (χ0n) is 13.6. The van der Waals surface area contributed by atoms with Crippen molar-refractivity contribution < 1.29 is 4.79 Å². The molecule has 3 rings (SSSR count). The number of carbonyl (C=O) groups is 1. The molecule has 2 N–H and O–H groups in total. The fourth-order valence-corrected chi connectivity index (χ4v) is 3.91. The molecule has 1 aliphatic carbocycles. The molecule has 1 amide bonds. The van der Waals surface area contributed by atoms with Crippen LogP contribution in [0.25, 0.3) is 0 Å². The molecule has 2 aliphatic rings. The smallest absolute Gasteiger partial charge is 0.223 e. The van der Waals surface area contributed by atoms with Gasteiger partial charge in [-0.2, -0.15) is 0 Å². The van der Waals surface area contributed by atoms with E-state index in [2.05, 4.69) is 11.0 Å². The lowest BCUT2D eigenvalue weighted by Gasteiger charge is -2.37. The Balaban J connectivity index is 1.51. The number of anilines is 1. The first-order chi connectivity index (χ1) is 11.1. The molecule has 0 bridgehead atoms. The van der Waals surface area contributed by atoms with Crippen molar-refractivity contribution in [1.29, 1.82) is 0 Å². The maximum atomic E-state index is 12.5. The summed E-state index contributed by atoms with van der Waals surface area (Å²) in [6.45, 7) is 3.30. The van der Waals surface area contributed by atoms with Crippen LogP contribution in [0.3, 0.4) is 0 Å². The average molecular weight is 336 g/mol. The maximum Gasteiger partial charge on any atom is 0.223 e. The van der Waals surface area contributed by atoms with Crippen LogP contribution in [-0.4, -0.2) is 43.0 Å². The summed E-state index contributed by atoms with van der Waals surface area (Å²) in [5.74, 6) is 0.653. The molecule has 126 valence electrons. The first-order valence-electron chi connectivity index (χ1n) is 8.67. The van der Waals surface area contributed by atoms with Crippen molar-refractivity contribution in [2.75, 3.05) is 31.1 Å². The first-order valence-corrected chi connectivity index (χ1v) is 9.05. The summed E-state index contributed by atoms with van der Waals surface area (Å²) in [7, 11) is 0. The molecule has 0 spiro atoms.